The zero-order valence-corrected chi connectivity index (χ0v) is 14.7. The van der Waals surface area contributed by atoms with Gasteiger partial charge in [0.1, 0.15) is 22.2 Å². The van der Waals surface area contributed by atoms with Gasteiger partial charge in [-0.25, -0.2) is 0 Å². The van der Waals surface area contributed by atoms with Crippen molar-refractivity contribution >= 4 is 40.6 Å². The molecule has 0 bridgehead atoms. The number of ketones is 1. The lowest BCUT2D eigenvalue weighted by molar-refractivity contribution is 0.102. The van der Waals surface area contributed by atoms with Crippen LogP contribution in [0.1, 0.15) is 47.8 Å². The lowest BCUT2D eigenvalue weighted by Crippen LogP contribution is -2.05. The van der Waals surface area contributed by atoms with Crippen molar-refractivity contribution in [2.45, 2.75) is 32.6 Å². The van der Waals surface area contributed by atoms with Crippen LogP contribution >= 0.6 is 34.8 Å². The number of phenols is 2. The molecule has 23 heavy (non-hydrogen) atoms. The first-order valence-corrected chi connectivity index (χ1v) is 8.32. The Bertz CT molecular complexity index is 721. The highest BCUT2D eigenvalue weighted by Crippen LogP contribution is 2.39. The lowest BCUT2D eigenvalue weighted by Gasteiger charge is -2.12. The van der Waals surface area contributed by atoms with Crippen molar-refractivity contribution in [3.05, 3.63) is 44.2 Å². The van der Waals surface area contributed by atoms with E-state index < -0.39 is 11.5 Å². The van der Waals surface area contributed by atoms with E-state index in [-0.39, 0.29) is 32.2 Å². The molecule has 0 aliphatic heterocycles. The Hall–Kier alpha value is -1.36. The van der Waals surface area contributed by atoms with Crippen molar-refractivity contribution in [3.63, 3.8) is 0 Å². The fourth-order valence-electron chi connectivity index (χ4n) is 2.31. The third-order valence-corrected chi connectivity index (χ3v) is 4.53. The third-order valence-electron chi connectivity index (χ3n) is 3.55. The number of nitrogens with one attached hydrogen (secondary N) is 1. The Morgan fingerprint density at radius 1 is 1.09 bits per heavy atom. The van der Waals surface area contributed by atoms with E-state index in [9.17, 15) is 15.0 Å². The highest BCUT2D eigenvalue weighted by molar-refractivity contribution is 6.42. The van der Waals surface area contributed by atoms with Crippen LogP contribution in [0.5, 0.6) is 11.5 Å². The highest BCUT2D eigenvalue weighted by atomic mass is 35.5. The summed E-state index contributed by atoms with van der Waals surface area (Å²) < 4.78 is 0. The Kier molecular flexibility index (Phi) is 5.84. The van der Waals surface area contributed by atoms with E-state index in [2.05, 4.69) is 11.9 Å². The van der Waals surface area contributed by atoms with Crippen molar-refractivity contribution < 1.29 is 15.0 Å². The maximum Gasteiger partial charge on any atom is 0.216 e. The molecule has 7 heteroatoms. The Morgan fingerprint density at radius 2 is 1.78 bits per heavy atom. The summed E-state index contributed by atoms with van der Waals surface area (Å²) >= 11 is 17.6. The second kappa shape index (κ2) is 7.47. The molecule has 0 aliphatic rings. The molecule has 0 fully saturated rings. The minimum atomic E-state index is -0.631. The molecule has 2 aromatic rings. The first kappa shape index (κ1) is 18.0. The number of carbonyl (C=O) groups is 1. The molecule has 2 rings (SSSR count). The van der Waals surface area contributed by atoms with Gasteiger partial charge in [-0.3, -0.25) is 4.79 Å². The number of aromatic amines is 1. The zero-order valence-electron chi connectivity index (χ0n) is 12.4. The standard InChI is InChI=1S/C16H16Cl3NO3/c1-2-3-4-5-8-6-9(17)14(22)12(13(8)21)15(23)11-7-10(18)16(19)20-11/h6-7,20-22H,2-5H2,1H3. The summed E-state index contributed by atoms with van der Waals surface area (Å²) in [5.41, 5.74) is 0.333. The smallest absolute Gasteiger partial charge is 0.216 e. The van der Waals surface area contributed by atoms with Gasteiger partial charge in [-0.1, -0.05) is 54.6 Å². The van der Waals surface area contributed by atoms with E-state index in [4.69, 9.17) is 34.8 Å². The van der Waals surface area contributed by atoms with Gasteiger partial charge in [0.05, 0.1) is 15.7 Å². The average molecular weight is 377 g/mol. The zero-order chi connectivity index (χ0) is 17.1. The minimum Gasteiger partial charge on any atom is -0.507 e. The van der Waals surface area contributed by atoms with Crippen LogP contribution in [0.15, 0.2) is 12.1 Å². The molecule has 1 aromatic carbocycles. The molecule has 0 spiro atoms. The van der Waals surface area contributed by atoms with Crippen LogP contribution in [-0.4, -0.2) is 21.0 Å². The van der Waals surface area contributed by atoms with Gasteiger partial charge in [0.25, 0.3) is 0 Å². The van der Waals surface area contributed by atoms with Crippen LogP contribution in [0.2, 0.25) is 15.2 Å². The topological polar surface area (TPSA) is 73.3 Å². The SMILES string of the molecule is CCCCCc1cc(Cl)c(O)c(C(=O)c2cc(Cl)c(Cl)[nH]2)c1O. The molecule has 0 atom stereocenters. The van der Waals surface area contributed by atoms with Gasteiger partial charge in [-0.15, -0.1) is 0 Å². The van der Waals surface area contributed by atoms with E-state index in [0.29, 0.717) is 12.0 Å². The molecular formula is C16H16Cl3NO3. The molecular weight excluding hydrogens is 361 g/mol. The summed E-state index contributed by atoms with van der Waals surface area (Å²) in [5.74, 6) is -1.36. The number of hydrogen-bond acceptors (Lipinski definition) is 3. The largest absolute Gasteiger partial charge is 0.507 e. The molecule has 0 aliphatic carbocycles. The van der Waals surface area contributed by atoms with Gasteiger partial charge >= 0.3 is 0 Å². The van der Waals surface area contributed by atoms with Gasteiger partial charge in [-0.2, -0.15) is 0 Å². The monoisotopic (exact) mass is 375 g/mol. The summed E-state index contributed by atoms with van der Waals surface area (Å²) in [5, 5.41) is 20.8. The van der Waals surface area contributed by atoms with Gasteiger partial charge in [-0.05, 0) is 30.5 Å². The number of unbranched alkanes of at least 4 members (excludes halogenated alkanes) is 2. The molecule has 1 aromatic heterocycles. The summed E-state index contributed by atoms with van der Waals surface area (Å²) in [6.07, 6.45) is 3.42. The fourth-order valence-corrected chi connectivity index (χ4v) is 2.85. The van der Waals surface area contributed by atoms with Gasteiger partial charge in [0.2, 0.25) is 5.78 Å². The van der Waals surface area contributed by atoms with E-state index in [1.165, 1.54) is 12.1 Å². The highest BCUT2D eigenvalue weighted by Gasteiger charge is 2.25. The summed E-state index contributed by atoms with van der Waals surface area (Å²) in [6, 6.07) is 2.82. The first-order chi connectivity index (χ1) is 10.9. The van der Waals surface area contributed by atoms with E-state index in [1.54, 1.807) is 0 Å². The molecule has 1 heterocycles. The van der Waals surface area contributed by atoms with Gasteiger partial charge in [0.15, 0.2) is 0 Å². The normalized spacial score (nSPS) is 11.0. The molecule has 3 N–H and O–H groups in total. The number of aromatic hydroxyl groups is 2. The summed E-state index contributed by atoms with van der Waals surface area (Å²) in [6.45, 7) is 2.07. The van der Waals surface area contributed by atoms with Crippen LogP contribution in [0.3, 0.4) is 0 Å². The number of hydrogen-bond donors (Lipinski definition) is 3. The molecule has 0 saturated carbocycles. The van der Waals surface area contributed by atoms with Crippen molar-refractivity contribution in [2.75, 3.05) is 0 Å². The van der Waals surface area contributed by atoms with E-state index in [1.807, 2.05) is 0 Å². The number of carbonyl (C=O) groups excluding carboxylic acids is 1. The second-order valence-corrected chi connectivity index (χ2v) is 6.41. The maximum atomic E-state index is 12.6. The van der Waals surface area contributed by atoms with Crippen LogP contribution in [0.4, 0.5) is 0 Å². The molecule has 124 valence electrons. The summed E-state index contributed by atoms with van der Waals surface area (Å²) in [4.78, 5) is 15.2. The van der Waals surface area contributed by atoms with E-state index >= 15 is 0 Å². The fraction of sp³-hybridized carbons (Fsp3) is 0.312. The second-order valence-electron chi connectivity index (χ2n) is 5.22. The predicted molar refractivity (Wildman–Crippen MR) is 92.3 cm³/mol. The molecule has 0 unspecified atom stereocenters. The lowest BCUT2D eigenvalue weighted by atomic mass is 9.98. The molecule has 0 amide bonds. The number of aryl methyl sites for hydroxylation is 1. The van der Waals surface area contributed by atoms with Gasteiger partial charge in [0, 0.05) is 0 Å². The number of H-pyrrole nitrogens is 1. The maximum absolute atomic E-state index is 12.6. The van der Waals surface area contributed by atoms with Crippen molar-refractivity contribution in [2.24, 2.45) is 0 Å². The number of phenolic OH excluding ortho intramolecular Hbond substituents is 2. The Labute approximate surface area is 149 Å². The van der Waals surface area contributed by atoms with Crippen LogP contribution in [0, 0.1) is 0 Å². The number of halogens is 3. The van der Waals surface area contributed by atoms with Gasteiger partial charge < -0.3 is 15.2 Å². The van der Waals surface area contributed by atoms with Crippen molar-refractivity contribution in [3.8, 4) is 11.5 Å². The molecule has 0 saturated heterocycles. The van der Waals surface area contributed by atoms with E-state index in [0.717, 1.165) is 19.3 Å². The molecule has 0 radical (unpaired) electrons. The first-order valence-electron chi connectivity index (χ1n) is 7.18. The van der Waals surface area contributed by atoms with Crippen molar-refractivity contribution in [1.82, 2.24) is 4.98 Å². The average Bonchev–Trinajstić information content (AvgIpc) is 2.84. The Morgan fingerprint density at radius 3 is 2.35 bits per heavy atom. The summed E-state index contributed by atoms with van der Waals surface area (Å²) in [7, 11) is 0. The quantitative estimate of drug-likeness (QED) is 0.470. The van der Waals surface area contributed by atoms with Crippen LogP contribution in [0.25, 0.3) is 0 Å². The van der Waals surface area contributed by atoms with Crippen molar-refractivity contribution in [1.29, 1.82) is 0 Å². The number of rotatable bonds is 6. The van der Waals surface area contributed by atoms with Crippen LogP contribution in [-0.2, 0) is 6.42 Å². The van der Waals surface area contributed by atoms with Crippen LogP contribution < -0.4 is 0 Å². The molecule has 4 nitrogen and oxygen atoms in total. The number of benzene rings is 1. The Balaban J connectivity index is 2.45. The predicted octanol–water partition coefficient (Wildman–Crippen LogP) is 5.35. The number of aromatic nitrogens is 1. The third kappa shape index (κ3) is 3.77. The minimum absolute atomic E-state index is 0.0152.